The molecular formula is C12H14ClNO. The van der Waals surface area contributed by atoms with E-state index in [1.54, 1.807) is 0 Å². The molecule has 2 atom stereocenters. The van der Waals surface area contributed by atoms with Crippen LogP contribution in [0.1, 0.15) is 17.9 Å². The number of rotatable bonds is 0. The Morgan fingerprint density at radius 2 is 2.27 bits per heavy atom. The van der Waals surface area contributed by atoms with Crippen LogP contribution in [0.2, 0.25) is 5.02 Å². The summed E-state index contributed by atoms with van der Waals surface area (Å²) in [6, 6.07) is 5.97. The van der Waals surface area contributed by atoms with Crippen LogP contribution in [-0.2, 0) is 0 Å². The molecular weight excluding hydrogens is 210 g/mol. The fourth-order valence-electron chi connectivity index (χ4n) is 2.66. The summed E-state index contributed by atoms with van der Waals surface area (Å²) >= 11 is 6.04. The van der Waals surface area contributed by atoms with E-state index in [1.807, 2.05) is 12.1 Å². The molecule has 2 nitrogen and oxygen atoms in total. The van der Waals surface area contributed by atoms with Gasteiger partial charge in [-0.05, 0) is 37.1 Å². The smallest absolute Gasteiger partial charge is 0.122 e. The van der Waals surface area contributed by atoms with Crippen LogP contribution in [0, 0.1) is 5.92 Å². The van der Waals surface area contributed by atoms with E-state index in [2.05, 4.69) is 11.4 Å². The molecule has 80 valence electrons. The first kappa shape index (κ1) is 9.49. The number of ether oxygens (including phenoxy) is 1. The van der Waals surface area contributed by atoms with Crippen molar-refractivity contribution in [2.75, 3.05) is 19.7 Å². The predicted molar refractivity (Wildman–Crippen MR) is 60.7 cm³/mol. The molecule has 0 bridgehead atoms. The van der Waals surface area contributed by atoms with Gasteiger partial charge in [-0.3, -0.25) is 0 Å². The molecule has 0 spiro atoms. The monoisotopic (exact) mass is 223 g/mol. The van der Waals surface area contributed by atoms with Crippen molar-refractivity contribution in [2.24, 2.45) is 5.92 Å². The predicted octanol–water partition coefficient (Wildman–Crippen LogP) is 2.43. The van der Waals surface area contributed by atoms with Gasteiger partial charge in [0.15, 0.2) is 0 Å². The summed E-state index contributed by atoms with van der Waals surface area (Å²) in [5.41, 5.74) is 1.29. The van der Waals surface area contributed by atoms with Crippen LogP contribution >= 0.6 is 11.6 Å². The van der Waals surface area contributed by atoms with Gasteiger partial charge in [-0.25, -0.2) is 0 Å². The molecule has 0 unspecified atom stereocenters. The Balaban J connectivity index is 2.06. The summed E-state index contributed by atoms with van der Waals surface area (Å²) in [7, 11) is 0. The summed E-state index contributed by atoms with van der Waals surface area (Å²) in [4.78, 5) is 0. The van der Waals surface area contributed by atoms with E-state index >= 15 is 0 Å². The van der Waals surface area contributed by atoms with Crippen molar-refractivity contribution in [3.63, 3.8) is 0 Å². The highest BCUT2D eigenvalue weighted by Crippen LogP contribution is 2.39. The van der Waals surface area contributed by atoms with Crippen molar-refractivity contribution in [1.82, 2.24) is 5.32 Å². The zero-order valence-corrected chi connectivity index (χ0v) is 9.26. The molecule has 2 aliphatic rings. The van der Waals surface area contributed by atoms with Crippen LogP contribution < -0.4 is 10.1 Å². The summed E-state index contributed by atoms with van der Waals surface area (Å²) in [6.45, 7) is 3.00. The quantitative estimate of drug-likeness (QED) is 0.730. The molecule has 0 amide bonds. The molecule has 1 aromatic carbocycles. The van der Waals surface area contributed by atoms with Crippen LogP contribution in [0.25, 0.3) is 0 Å². The number of fused-ring (bicyclic) bond motifs is 3. The number of halogens is 1. The summed E-state index contributed by atoms with van der Waals surface area (Å²) < 4.78 is 5.75. The van der Waals surface area contributed by atoms with E-state index in [-0.39, 0.29) is 0 Å². The van der Waals surface area contributed by atoms with Crippen molar-refractivity contribution in [2.45, 2.75) is 12.3 Å². The maximum absolute atomic E-state index is 6.04. The molecule has 1 saturated heterocycles. The number of nitrogens with one attached hydrogen (secondary N) is 1. The molecule has 1 N–H and O–H groups in total. The van der Waals surface area contributed by atoms with Gasteiger partial charge in [0, 0.05) is 23.0 Å². The first-order valence-electron chi connectivity index (χ1n) is 5.47. The third kappa shape index (κ3) is 1.62. The Labute approximate surface area is 94.6 Å². The second kappa shape index (κ2) is 3.69. The molecule has 1 aromatic rings. The van der Waals surface area contributed by atoms with E-state index < -0.39 is 0 Å². The maximum atomic E-state index is 6.04. The highest BCUT2D eigenvalue weighted by atomic mass is 35.5. The average molecular weight is 224 g/mol. The molecule has 1 fully saturated rings. The second-order valence-electron chi connectivity index (χ2n) is 4.34. The third-order valence-electron chi connectivity index (χ3n) is 3.46. The molecule has 15 heavy (non-hydrogen) atoms. The Hall–Kier alpha value is -0.730. The summed E-state index contributed by atoms with van der Waals surface area (Å²) in [5, 5.41) is 4.26. The lowest BCUT2D eigenvalue weighted by Crippen LogP contribution is -2.11. The molecule has 3 rings (SSSR count). The summed E-state index contributed by atoms with van der Waals surface area (Å²) in [5.74, 6) is 2.32. The van der Waals surface area contributed by atoms with Gasteiger partial charge in [0.25, 0.3) is 0 Å². The first-order valence-corrected chi connectivity index (χ1v) is 5.85. The fourth-order valence-corrected chi connectivity index (χ4v) is 2.84. The average Bonchev–Trinajstić information content (AvgIpc) is 2.62. The van der Waals surface area contributed by atoms with Gasteiger partial charge in [-0.15, -0.1) is 0 Å². The minimum atomic E-state index is 0.584. The van der Waals surface area contributed by atoms with Gasteiger partial charge in [0.05, 0.1) is 6.61 Å². The summed E-state index contributed by atoms with van der Waals surface area (Å²) in [6.07, 6.45) is 1.14. The van der Waals surface area contributed by atoms with E-state index in [0.717, 1.165) is 36.9 Å². The van der Waals surface area contributed by atoms with E-state index in [0.29, 0.717) is 11.8 Å². The molecule has 0 radical (unpaired) electrons. The number of benzene rings is 1. The zero-order valence-electron chi connectivity index (χ0n) is 8.50. The van der Waals surface area contributed by atoms with E-state index in [1.165, 1.54) is 5.56 Å². The highest BCUT2D eigenvalue weighted by molar-refractivity contribution is 6.30. The standard InChI is InChI=1S/C12H14ClNO/c13-9-1-2-12-10(5-9)11-7-14-6-8(11)3-4-15-12/h1-2,5,8,11,14H,3-4,6-7H2/t8-,11-/m0/s1. The van der Waals surface area contributed by atoms with Crippen LogP contribution in [0.4, 0.5) is 0 Å². The van der Waals surface area contributed by atoms with Gasteiger partial charge >= 0.3 is 0 Å². The van der Waals surface area contributed by atoms with Crippen LogP contribution in [-0.4, -0.2) is 19.7 Å². The minimum absolute atomic E-state index is 0.584. The number of hydrogen-bond donors (Lipinski definition) is 1. The zero-order chi connectivity index (χ0) is 10.3. The van der Waals surface area contributed by atoms with Gasteiger partial charge in [-0.1, -0.05) is 11.6 Å². The Kier molecular flexibility index (Phi) is 2.33. The van der Waals surface area contributed by atoms with Crippen molar-refractivity contribution in [1.29, 1.82) is 0 Å². The van der Waals surface area contributed by atoms with Crippen LogP contribution in [0.5, 0.6) is 5.75 Å². The lowest BCUT2D eigenvalue weighted by molar-refractivity contribution is 0.296. The van der Waals surface area contributed by atoms with E-state index in [4.69, 9.17) is 16.3 Å². The lowest BCUT2D eigenvalue weighted by atomic mass is 9.87. The largest absolute Gasteiger partial charge is 0.493 e. The van der Waals surface area contributed by atoms with Crippen molar-refractivity contribution in [3.8, 4) is 5.75 Å². The highest BCUT2D eigenvalue weighted by Gasteiger charge is 2.32. The van der Waals surface area contributed by atoms with Crippen LogP contribution in [0.15, 0.2) is 18.2 Å². The van der Waals surface area contributed by atoms with Crippen molar-refractivity contribution < 1.29 is 4.74 Å². The Bertz CT molecular complexity index is 380. The molecule has 2 aliphatic heterocycles. The Morgan fingerprint density at radius 1 is 1.33 bits per heavy atom. The minimum Gasteiger partial charge on any atom is -0.493 e. The topological polar surface area (TPSA) is 21.3 Å². The van der Waals surface area contributed by atoms with Crippen molar-refractivity contribution in [3.05, 3.63) is 28.8 Å². The van der Waals surface area contributed by atoms with E-state index in [9.17, 15) is 0 Å². The van der Waals surface area contributed by atoms with Gasteiger partial charge < -0.3 is 10.1 Å². The molecule has 2 heterocycles. The normalized spacial score (nSPS) is 28.9. The third-order valence-corrected chi connectivity index (χ3v) is 3.69. The number of hydrogen-bond acceptors (Lipinski definition) is 2. The van der Waals surface area contributed by atoms with Crippen molar-refractivity contribution >= 4 is 11.6 Å². The molecule has 3 heteroatoms. The first-order chi connectivity index (χ1) is 7.34. The SMILES string of the molecule is Clc1ccc2c(c1)[C@H]1CNC[C@@H]1CCO2. The Morgan fingerprint density at radius 3 is 3.20 bits per heavy atom. The lowest BCUT2D eigenvalue weighted by Gasteiger charge is -2.15. The molecule has 0 saturated carbocycles. The maximum Gasteiger partial charge on any atom is 0.122 e. The van der Waals surface area contributed by atoms with Gasteiger partial charge in [-0.2, -0.15) is 0 Å². The van der Waals surface area contributed by atoms with Gasteiger partial charge in [0.2, 0.25) is 0 Å². The second-order valence-corrected chi connectivity index (χ2v) is 4.78. The molecule has 0 aromatic heterocycles. The van der Waals surface area contributed by atoms with Gasteiger partial charge in [0.1, 0.15) is 5.75 Å². The van der Waals surface area contributed by atoms with Crippen LogP contribution in [0.3, 0.4) is 0 Å². The molecule has 0 aliphatic carbocycles. The fraction of sp³-hybridized carbons (Fsp3) is 0.500.